The summed E-state index contributed by atoms with van der Waals surface area (Å²) in [7, 11) is 0. The van der Waals surface area contributed by atoms with Gasteiger partial charge in [0.05, 0.1) is 11.7 Å². The summed E-state index contributed by atoms with van der Waals surface area (Å²) >= 11 is 0. The van der Waals surface area contributed by atoms with Gasteiger partial charge in [0.1, 0.15) is 5.84 Å². The summed E-state index contributed by atoms with van der Waals surface area (Å²) in [5.41, 5.74) is 6.51. The fraction of sp³-hybridized carbons (Fsp3) is 0.0541. The quantitative estimate of drug-likeness (QED) is 0.225. The molecule has 0 saturated heterocycles. The number of hydrogen-bond acceptors (Lipinski definition) is 4. The van der Waals surface area contributed by atoms with E-state index in [0.717, 1.165) is 66.8 Å². The largest absolute Gasteiger partial charge is 0.464 e. The Bertz CT molecular complexity index is 1960. The van der Waals surface area contributed by atoms with Crippen LogP contribution in [0.4, 0.5) is 5.69 Å². The highest BCUT2D eigenvalue weighted by atomic mass is 16.5. The molecule has 0 aromatic heterocycles. The minimum Gasteiger partial charge on any atom is -0.464 e. The third-order valence-electron chi connectivity index (χ3n) is 7.92. The second kappa shape index (κ2) is 9.68. The number of rotatable bonds is 4. The minimum atomic E-state index is -0.218. The number of amidine groups is 1. The molecule has 2 aliphatic heterocycles. The molecule has 0 spiro atoms. The topological polar surface area (TPSA) is 45.6 Å². The van der Waals surface area contributed by atoms with Crippen LogP contribution < -0.4 is 15.4 Å². The van der Waals surface area contributed by atoms with Crippen molar-refractivity contribution in [3.63, 3.8) is 0 Å². The van der Waals surface area contributed by atoms with Gasteiger partial charge >= 0.3 is 0 Å². The second-order valence-corrected chi connectivity index (χ2v) is 10.5. The SMILES string of the molecule is C1=C(c2ccccc2)NC(c2ccc3ccc4ccc5c(c4c3c2)OC(c2ccccc2)N5)=NC1c1ccccc1. The lowest BCUT2D eigenvalue weighted by Crippen LogP contribution is -2.27. The predicted octanol–water partition coefficient (Wildman–Crippen LogP) is 8.63. The predicted molar refractivity (Wildman–Crippen MR) is 168 cm³/mol. The Morgan fingerprint density at radius 2 is 1.27 bits per heavy atom. The third-order valence-corrected chi connectivity index (χ3v) is 7.92. The average Bonchev–Trinajstić information content (AvgIpc) is 3.50. The standard InChI is InChI=1S/C37H27N3O/c1-4-10-25(11-5-1)32-23-33(26-12-6-2-7-13-26)39-36(38-32)29-19-17-24-16-18-27-20-21-31-35(34(27)30(24)22-29)41-37(40-31)28-14-8-3-9-15-28/h1-23,32,37,40H,(H,38,39). The molecule has 196 valence electrons. The summed E-state index contributed by atoms with van der Waals surface area (Å²) < 4.78 is 6.58. The number of aliphatic imine (C=N–C) groups is 1. The van der Waals surface area contributed by atoms with Gasteiger partial charge in [-0.3, -0.25) is 4.99 Å². The van der Waals surface area contributed by atoms with E-state index in [1.165, 1.54) is 0 Å². The molecule has 4 heteroatoms. The molecule has 2 unspecified atom stereocenters. The number of anilines is 1. The summed E-state index contributed by atoms with van der Waals surface area (Å²) in [6.45, 7) is 0. The molecule has 2 N–H and O–H groups in total. The average molecular weight is 530 g/mol. The van der Waals surface area contributed by atoms with E-state index >= 15 is 0 Å². The van der Waals surface area contributed by atoms with Crippen molar-refractivity contribution in [3.05, 3.63) is 162 Å². The molecule has 2 atom stereocenters. The Hall–Kier alpha value is -5.35. The van der Waals surface area contributed by atoms with Crippen LogP contribution in [0.3, 0.4) is 0 Å². The summed E-state index contributed by atoms with van der Waals surface area (Å²) in [6, 6.07) is 46.4. The van der Waals surface area contributed by atoms with Gasteiger partial charge < -0.3 is 15.4 Å². The first kappa shape index (κ1) is 23.5. The van der Waals surface area contributed by atoms with Gasteiger partial charge in [-0.05, 0) is 45.5 Å². The van der Waals surface area contributed by atoms with E-state index in [1.54, 1.807) is 0 Å². The van der Waals surface area contributed by atoms with Crippen molar-refractivity contribution < 1.29 is 4.74 Å². The van der Waals surface area contributed by atoms with Crippen LogP contribution in [0.1, 0.15) is 34.5 Å². The lowest BCUT2D eigenvalue weighted by atomic mass is 9.97. The molecule has 0 fully saturated rings. The molecule has 8 rings (SSSR count). The summed E-state index contributed by atoms with van der Waals surface area (Å²) in [4.78, 5) is 5.19. The maximum absolute atomic E-state index is 6.58. The molecule has 0 amide bonds. The zero-order valence-electron chi connectivity index (χ0n) is 22.3. The van der Waals surface area contributed by atoms with Crippen molar-refractivity contribution in [2.45, 2.75) is 12.3 Å². The fourth-order valence-corrected chi connectivity index (χ4v) is 5.85. The van der Waals surface area contributed by atoms with Gasteiger partial charge in [-0.2, -0.15) is 0 Å². The van der Waals surface area contributed by atoms with Gasteiger partial charge in [0.25, 0.3) is 0 Å². The van der Waals surface area contributed by atoms with E-state index in [4.69, 9.17) is 9.73 Å². The van der Waals surface area contributed by atoms with Gasteiger partial charge in [0.2, 0.25) is 0 Å². The van der Waals surface area contributed by atoms with Crippen LogP contribution in [0.5, 0.6) is 5.75 Å². The van der Waals surface area contributed by atoms with Gasteiger partial charge in [0.15, 0.2) is 12.0 Å². The van der Waals surface area contributed by atoms with Crippen LogP contribution >= 0.6 is 0 Å². The van der Waals surface area contributed by atoms with Gasteiger partial charge in [-0.25, -0.2) is 0 Å². The zero-order chi connectivity index (χ0) is 27.2. The molecule has 0 aliphatic carbocycles. The summed E-state index contributed by atoms with van der Waals surface area (Å²) in [6.07, 6.45) is 1.99. The Labute approximate surface area is 238 Å². The normalized spacial score (nSPS) is 17.7. The summed E-state index contributed by atoms with van der Waals surface area (Å²) in [5, 5.41) is 11.8. The smallest absolute Gasteiger partial charge is 0.196 e. The maximum Gasteiger partial charge on any atom is 0.196 e. The lowest BCUT2D eigenvalue weighted by Gasteiger charge is -2.23. The molecule has 6 aromatic rings. The van der Waals surface area contributed by atoms with Crippen molar-refractivity contribution in [3.8, 4) is 5.75 Å². The maximum atomic E-state index is 6.58. The number of fused-ring (bicyclic) bond motifs is 5. The molecular formula is C37H27N3O. The summed E-state index contributed by atoms with van der Waals surface area (Å²) in [5.74, 6) is 1.75. The van der Waals surface area contributed by atoms with E-state index in [-0.39, 0.29) is 12.3 Å². The Morgan fingerprint density at radius 1 is 0.610 bits per heavy atom. The second-order valence-electron chi connectivity index (χ2n) is 10.5. The van der Waals surface area contributed by atoms with Crippen molar-refractivity contribution in [2.75, 3.05) is 5.32 Å². The molecule has 41 heavy (non-hydrogen) atoms. The van der Waals surface area contributed by atoms with Crippen molar-refractivity contribution in [1.29, 1.82) is 0 Å². The Kier molecular flexibility index (Phi) is 5.56. The number of hydrogen-bond donors (Lipinski definition) is 2. The van der Waals surface area contributed by atoms with E-state index in [2.05, 4.69) is 120 Å². The molecule has 4 nitrogen and oxygen atoms in total. The van der Waals surface area contributed by atoms with Crippen LogP contribution in [0.2, 0.25) is 0 Å². The van der Waals surface area contributed by atoms with Crippen molar-refractivity contribution in [1.82, 2.24) is 5.32 Å². The fourth-order valence-electron chi connectivity index (χ4n) is 5.85. The molecule has 2 heterocycles. The number of benzene rings is 6. The van der Waals surface area contributed by atoms with Crippen LogP contribution in [-0.4, -0.2) is 5.84 Å². The Balaban J connectivity index is 1.25. The first-order chi connectivity index (χ1) is 20.3. The van der Waals surface area contributed by atoms with E-state index in [1.807, 2.05) is 30.3 Å². The number of ether oxygens (including phenoxy) is 1. The first-order valence-electron chi connectivity index (χ1n) is 14.0. The lowest BCUT2D eigenvalue weighted by molar-refractivity contribution is 0.263. The molecule has 0 bridgehead atoms. The minimum absolute atomic E-state index is 0.0886. The van der Waals surface area contributed by atoms with Crippen LogP contribution in [0.15, 0.2) is 145 Å². The number of nitrogens with one attached hydrogen (secondary N) is 2. The van der Waals surface area contributed by atoms with Gasteiger partial charge in [0, 0.05) is 22.2 Å². The highest BCUT2D eigenvalue weighted by Crippen LogP contribution is 2.45. The van der Waals surface area contributed by atoms with Crippen LogP contribution in [0.25, 0.3) is 27.2 Å². The van der Waals surface area contributed by atoms with Gasteiger partial charge in [-0.1, -0.05) is 121 Å². The van der Waals surface area contributed by atoms with E-state index < -0.39 is 0 Å². The molecule has 0 saturated carbocycles. The van der Waals surface area contributed by atoms with E-state index in [9.17, 15) is 0 Å². The molecule has 6 aromatic carbocycles. The van der Waals surface area contributed by atoms with E-state index in [0.29, 0.717) is 0 Å². The molecule has 0 radical (unpaired) electrons. The zero-order valence-corrected chi connectivity index (χ0v) is 22.3. The van der Waals surface area contributed by atoms with Crippen LogP contribution in [-0.2, 0) is 0 Å². The Morgan fingerprint density at radius 3 is 2.05 bits per heavy atom. The molecular weight excluding hydrogens is 502 g/mol. The van der Waals surface area contributed by atoms with Crippen LogP contribution in [0, 0.1) is 0 Å². The first-order valence-corrected chi connectivity index (χ1v) is 14.0. The van der Waals surface area contributed by atoms with Gasteiger partial charge in [-0.15, -0.1) is 0 Å². The number of nitrogens with zero attached hydrogens (tertiary/aromatic N) is 1. The van der Waals surface area contributed by atoms with Crippen molar-refractivity contribution in [2.24, 2.45) is 4.99 Å². The highest BCUT2D eigenvalue weighted by molar-refractivity contribution is 6.15. The van der Waals surface area contributed by atoms with Crippen molar-refractivity contribution >= 4 is 38.8 Å². The third kappa shape index (κ3) is 4.21. The highest BCUT2D eigenvalue weighted by Gasteiger charge is 2.26. The molecule has 2 aliphatic rings. The monoisotopic (exact) mass is 529 g/mol.